The predicted molar refractivity (Wildman–Crippen MR) is 111 cm³/mol. The second-order valence-corrected chi connectivity index (χ2v) is 7.80. The van der Waals surface area contributed by atoms with E-state index in [1.54, 1.807) is 26.8 Å². The number of hydrogen-bond acceptors (Lipinski definition) is 4. The van der Waals surface area contributed by atoms with Crippen LogP contribution in [0.5, 0.6) is 5.75 Å². The number of nitrogens with one attached hydrogen (secondary N) is 2. The molecule has 168 valence electrons. The number of alkyl halides is 3. The summed E-state index contributed by atoms with van der Waals surface area (Å²) >= 11 is 0. The van der Waals surface area contributed by atoms with Gasteiger partial charge in [0.15, 0.2) is 0 Å². The monoisotopic (exact) mass is 438 g/mol. The van der Waals surface area contributed by atoms with Gasteiger partial charge in [-0.1, -0.05) is 30.3 Å². The first kappa shape index (κ1) is 24.0. The van der Waals surface area contributed by atoms with Crippen LogP contribution in [0, 0.1) is 0 Å². The van der Waals surface area contributed by atoms with Crippen LogP contribution in [-0.2, 0) is 9.53 Å². The maximum atomic E-state index is 13.6. The molecule has 31 heavy (non-hydrogen) atoms. The van der Waals surface area contributed by atoms with E-state index in [1.807, 2.05) is 0 Å². The van der Waals surface area contributed by atoms with Crippen molar-refractivity contribution in [3.8, 4) is 5.75 Å². The molecule has 1 atom stereocenters. The summed E-state index contributed by atoms with van der Waals surface area (Å²) in [6, 6.07) is 11.6. The average Bonchev–Trinajstić information content (AvgIpc) is 2.65. The fourth-order valence-corrected chi connectivity index (χ4v) is 2.77. The van der Waals surface area contributed by atoms with Crippen LogP contribution in [0.1, 0.15) is 38.7 Å². The third-order valence-corrected chi connectivity index (χ3v) is 4.12. The summed E-state index contributed by atoms with van der Waals surface area (Å²) in [7, 11) is 1.40. The molecular weight excluding hydrogens is 413 g/mol. The smallest absolute Gasteiger partial charge is 0.412 e. The Bertz CT molecular complexity index is 909. The molecule has 0 aliphatic rings. The average molecular weight is 438 g/mol. The maximum absolute atomic E-state index is 13.6. The van der Waals surface area contributed by atoms with Crippen molar-refractivity contribution in [1.29, 1.82) is 0 Å². The molecule has 0 saturated heterocycles. The zero-order valence-corrected chi connectivity index (χ0v) is 17.7. The molecule has 2 amide bonds. The van der Waals surface area contributed by atoms with E-state index in [4.69, 9.17) is 9.47 Å². The number of ether oxygens (including phenoxy) is 2. The lowest BCUT2D eigenvalue weighted by atomic mass is 9.94. The Balaban J connectivity index is 2.23. The van der Waals surface area contributed by atoms with E-state index in [9.17, 15) is 22.8 Å². The molecule has 2 rings (SSSR count). The van der Waals surface area contributed by atoms with Gasteiger partial charge >= 0.3 is 12.3 Å². The largest absolute Gasteiger partial charge is 0.497 e. The molecule has 2 aromatic rings. The normalized spacial score (nSPS) is 12.6. The molecule has 0 aromatic heterocycles. The van der Waals surface area contributed by atoms with E-state index < -0.39 is 36.1 Å². The molecule has 2 N–H and O–H groups in total. The number of benzene rings is 2. The van der Waals surface area contributed by atoms with Crippen molar-refractivity contribution < 1.29 is 32.2 Å². The van der Waals surface area contributed by atoms with Crippen molar-refractivity contribution in [3.05, 3.63) is 54.1 Å². The molecule has 0 saturated carbocycles. The lowest BCUT2D eigenvalue weighted by molar-refractivity contribution is -0.155. The predicted octanol–water partition coefficient (Wildman–Crippen LogP) is 5.72. The quantitative estimate of drug-likeness (QED) is 0.605. The van der Waals surface area contributed by atoms with Gasteiger partial charge in [-0.2, -0.15) is 13.2 Å². The summed E-state index contributed by atoms with van der Waals surface area (Å²) in [5.41, 5.74) is -0.519. The van der Waals surface area contributed by atoms with Crippen LogP contribution in [0.2, 0.25) is 0 Å². The van der Waals surface area contributed by atoms with Crippen molar-refractivity contribution in [2.75, 3.05) is 17.7 Å². The first-order valence-corrected chi connectivity index (χ1v) is 9.48. The Morgan fingerprint density at radius 2 is 1.61 bits per heavy atom. The summed E-state index contributed by atoms with van der Waals surface area (Å²) in [4.78, 5) is 24.6. The van der Waals surface area contributed by atoms with Gasteiger partial charge in [0.1, 0.15) is 11.4 Å². The standard InChI is InChI=1S/C22H25F3N2O4/c1-21(2,3)31-20(29)27-17-11-10-15(30-4)12-18(17)26-19(28)13-16(22(23,24)25)14-8-6-5-7-9-14/h5-12,16H,13H2,1-4H3,(H,26,28)(H,27,29). The van der Waals surface area contributed by atoms with Crippen LogP contribution in [0.3, 0.4) is 0 Å². The second-order valence-electron chi connectivity index (χ2n) is 7.80. The Kier molecular flexibility index (Phi) is 7.54. The van der Waals surface area contributed by atoms with Gasteiger partial charge in [0.25, 0.3) is 0 Å². The molecule has 0 aliphatic heterocycles. The van der Waals surface area contributed by atoms with Crippen molar-refractivity contribution in [1.82, 2.24) is 0 Å². The number of rotatable bonds is 6. The van der Waals surface area contributed by atoms with E-state index in [2.05, 4.69) is 10.6 Å². The zero-order chi connectivity index (χ0) is 23.2. The summed E-state index contributed by atoms with van der Waals surface area (Å²) < 4.78 is 51.0. The number of carbonyl (C=O) groups is 2. The van der Waals surface area contributed by atoms with Crippen LogP contribution in [0.25, 0.3) is 0 Å². The summed E-state index contributed by atoms with van der Waals surface area (Å²) in [6.07, 6.45) is -6.20. The number of amides is 2. The molecular formula is C22H25F3N2O4. The molecule has 6 nitrogen and oxygen atoms in total. The summed E-state index contributed by atoms with van der Waals surface area (Å²) in [5.74, 6) is -2.49. The number of halogens is 3. The highest BCUT2D eigenvalue weighted by atomic mass is 19.4. The molecule has 0 spiro atoms. The lowest BCUT2D eigenvalue weighted by Gasteiger charge is -2.22. The molecule has 2 aromatic carbocycles. The fourth-order valence-electron chi connectivity index (χ4n) is 2.77. The van der Waals surface area contributed by atoms with Gasteiger partial charge in [-0.15, -0.1) is 0 Å². The van der Waals surface area contributed by atoms with E-state index in [0.717, 1.165) is 0 Å². The number of anilines is 2. The Morgan fingerprint density at radius 1 is 0.968 bits per heavy atom. The Morgan fingerprint density at radius 3 is 2.16 bits per heavy atom. The molecule has 1 unspecified atom stereocenters. The van der Waals surface area contributed by atoms with Gasteiger partial charge in [0, 0.05) is 12.5 Å². The second kappa shape index (κ2) is 9.72. The Labute approximate surface area is 178 Å². The minimum absolute atomic E-state index is 0.0112. The molecule has 0 heterocycles. The topological polar surface area (TPSA) is 76.7 Å². The zero-order valence-electron chi connectivity index (χ0n) is 17.7. The van der Waals surface area contributed by atoms with Crippen LogP contribution in [0.4, 0.5) is 29.3 Å². The van der Waals surface area contributed by atoms with Gasteiger partial charge in [-0.05, 0) is 38.5 Å². The van der Waals surface area contributed by atoms with E-state index >= 15 is 0 Å². The van der Waals surface area contributed by atoms with Crippen molar-refractivity contribution >= 4 is 23.4 Å². The first-order chi connectivity index (χ1) is 14.4. The number of methoxy groups -OCH3 is 1. The van der Waals surface area contributed by atoms with Gasteiger partial charge in [0.05, 0.1) is 24.4 Å². The SMILES string of the molecule is COc1ccc(NC(=O)OC(C)(C)C)c(NC(=O)CC(c2ccccc2)C(F)(F)F)c1. The van der Waals surface area contributed by atoms with Crippen molar-refractivity contribution in [3.63, 3.8) is 0 Å². The number of carbonyl (C=O) groups excluding carboxylic acids is 2. The highest BCUT2D eigenvalue weighted by molar-refractivity contribution is 5.98. The van der Waals surface area contributed by atoms with E-state index in [1.165, 1.54) is 49.6 Å². The third-order valence-electron chi connectivity index (χ3n) is 4.12. The van der Waals surface area contributed by atoms with Crippen LogP contribution in [0.15, 0.2) is 48.5 Å². The molecule has 0 aliphatic carbocycles. The molecule has 0 radical (unpaired) electrons. The van der Waals surface area contributed by atoms with Crippen LogP contribution in [-0.4, -0.2) is 30.9 Å². The van der Waals surface area contributed by atoms with Gasteiger partial charge in [-0.3, -0.25) is 10.1 Å². The highest BCUT2D eigenvalue weighted by Gasteiger charge is 2.41. The molecule has 0 bridgehead atoms. The number of hydrogen-bond donors (Lipinski definition) is 2. The third kappa shape index (κ3) is 7.51. The van der Waals surface area contributed by atoms with E-state index in [-0.39, 0.29) is 16.9 Å². The van der Waals surface area contributed by atoms with Crippen molar-refractivity contribution in [2.45, 2.75) is 44.9 Å². The molecule has 9 heteroatoms. The minimum Gasteiger partial charge on any atom is -0.497 e. The van der Waals surface area contributed by atoms with Crippen LogP contribution < -0.4 is 15.4 Å². The maximum Gasteiger partial charge on any atom is 0.412 e. The van der Waals surface area contributed by atoms with Crippen molar-refractivity contribution in [2.24, 2.45) is 0 Å². The Hall–Kier alpha value is -3.23. The first-order valence-electron chi connectivity index (χ1n) is 9.48. The van der Waals surface area contributed by atoms with Gasteiger partial charge < -0.3 is 14.8 Å². The summed E-state index contributed by atoms with van der Waals surface area (Å²) in [6.45, 7) is 5.05. The summed E-state index contributed by atoms with van der Waals surface area (Å²) in [5, 5.41) is 4.92. The minimum atomic E-state index is -4.61. The van der Waals surface area contributed by atoms with Crippen LogP contribution >= 0.6 is 0 Å². The van der Waals surface area contributed by atoms with Gasteiger partial charge in [0.2, 0.25) is 5.91 Å². The van der Waals surface area contributed by atoms with E-state index in [0.29, 0.717) is 5.75 Å². The highest BCUT2D eigenvalue weighted by Crippen LogP contribution is 2.38. The molecule has 0 fully saturated rings. The van der Waals surface area contributed by atoms with Gasteiger partial charge in [-0.25, -0.2) is 4.79 Å². The lowest BCUT2D eigenvalue weighted by Crippen LogP contribution is -2.28. The fraction of sp³-hybridized carbons (Fsp3) is 0.364.